The monoisotopic (exact) mass is 229 g/mol. The van der Waals surface area contributed by atoms with Gasteiger partial charge in [0.1, 0.15) is 11.8 Å². The van der Waals surface area contributed by atoms with Crippen molar-refractivity contribution in [2.24, 2.45) is 0 Å². The maximum atomic E-state index is 9.63. The largest absolute Gasteiger partial charge is 0.507 e. The number of hydrogen-bond donors (Lipinski definition) is 1. The molecule has 0 amide bonds. The Balaban J connectivity index is 2.48. The topological polar surface area (TPSA) is 44.0 Å². The molecular formula is C13H11NOS. The second-order valence-corrected chi connectivity index (χ2v) is 4.68. The van der Waals surface area contributed by atoms with Gasteiger partial charge >= 0.3 is 0 Å². The van der Waals surface area contributed by atoms with Crippen molar-refractivity contribution in [2.45, 2.75) is 6.92 Å². The first kappa shape index (κ1) is 10.8. The van der Waals surface area contributed by atoms with Crippen LogP contribution in [0.1, 0.15) is 18.1 Å². The van der Waals surface area contributed by atoms with Crippen LogP contribution in [0.2, 0.25) is 0 Å². The van der Waals surface area contributed by atoms with Crippen LogP contribution in [0.15, 0.2) is 35.9 Å². The maximum Gasteiger partial charge on any atom is 0.133 e. The molecule has 0 saturated heterocycles. The Morgan fingerprint density at radius 3 is 2.75 bits per heavy atom. The molecule has 0 spiro atoms. The van der Waals surface area contributed by atoms with Crippen molar-refractivity contribution in [3.8, 4) is 11.8 Å². The lowest BCUT2D eigenvalue weighted by Gasteiger charge is -2.04. The molecule has 0 atom stereocenters. The Hall–Kier alpha value is -1.66. The summed E-state index contributed by atoms with van der Waals surface area (Å²) in [6, 6.07) is 7.09. The van der Waals surface area contributed by atoms with Gasteiger partial charge in [-0.05, 0) is 35.8 Å². The first-order valence-corrected chi connectivity index (χ1v) is 5.87. The lowest BCUT2D eigenvalue weighted by atomic mass is 10.1. The van der Waals surface area contributed by atoms with Crippen LogP contribution in [0, 0.1) is 11.3 Å². The number of phenols is 1. The molecule has 0 saturated carbocycles. The normalized spacial score (nSPS) is 15.4. The first-order chi connectivity index (χ1) is 7.63. The summed E-state index contributed by atoms with van der Waals surface area (Å²) < 4.78 is 0. The molecule has 16 heavy (non-hydrogen) atoms. The van der Waals surface area contributed by atoms with Crippen molar-refractivity contribution in [1.82, 2.24) is 0 Å². The molecule has 0 aromatic heterocycles. The van der Waals surface area contributed by atoms with Gasteiger partial charge in [-0.15, -0.1) is 11.8 Å². The van der Waals surface area contributed by atoms with Crippen LogP contribution >= 0.6 is 11.8 Å². The van der Waals surface area contributed by atoms with Crippen LogP contribution in [0.4, 0.5) is 0 Å². The molecule has 3 heteroatoms. The predicted octanol–water partition coefficient (Wildman–Crippen LogP) is 3.30. The quantitative estimate of drug-likeness (QED) is 0.803. The molecule has 80 valence electrons. The number of allylic oxidation sites excluding steroid dienone is 1. The van der Waals surface area contributed by atoms with Gasteiger partial charge in [-0.3, -0.25) is 0 Å². The van der Waals surface area contributed by atoms with Crippen LogP contribution in [0.25, 0.3) is 4.91 Å². The van der Waals surface area contributed by atoms with E-state index in [-0.39, 0.29) is 5.75 Å². The number of thioether (sulfide) groups is 1. The highest BCUT2D eigenvalue weighted by atomic mass is 32.2. The highest BCUT2D eigenvalue weighted by molar-refractivity contribution is 8.08. The van der Waals surface area contributed by atoms with E-state index in [0.717, 1.165) is 21.8 Å². The maximum absolute atomic E-state index is 9.63. The summed E-state index contributed by atoms with van der Waals surface area (Å²) >= 11 is 1.72. The zero-order valence-electron chi connectivity index (χ0n) is 8.95. The Morgan fingerprint density at radius 2 is 2.25 bits per heavy atom. The molecule has 0 unspecified atom stereocenters. The molecule has 0 aliphatic carbocycles. The van der Waals surface area contributed by atoms with Crippen LogP contribution in [0.3, 0.4) is 0 Å². The Kier molecular flexibility index (Phi) is 2.76. The second-order valence-electron chi connectivity index (χ2n) is 3.69. The minimum atomic E-state index is 0.0402. The fourth-order valence-electron chi connectivity index (χ4n) is 1.60. The van der Waals surface area contributed by atoms with Crippen LogP contribution in [-0.2, 0) is 0 Å². The van der Waals surface area contributed by atoms with E-state index in [9.17, 15) is 5.11 Å². The SMILES string of the molecule is C=C1CSC(c2ccc(C#N)c(O)c2)=C1C. The van der Waals surface area contributed by atoms with Gasteiger partial charge in [0, 0.05) is 10.7 Å². The van der Waals surface area contributed by atoms with Gasteiger partial charge < -0.3 is 5.11 Å². The van der Waals surface area contributed by atoms with Gasteiger partial charge in [0.2, 0.25) is 0 Å². The average molecular weight is 229 g/mol. The molecule has 0 fully saturated rings. The van der Waals surface area contributed by atoms with Gasteiger partial charge in [0.05, 0.1) is 5.56 Å². The Morgan fingerprint density at radius 1 is 1.50 bits per heavy atom. The summed E-state index contributed by atoms with van der Waals surface area (Å²) in [6.07, 6.45) is 0. The third-order valence-corrected chi connectivity index (χ3v) is 3.97. The third-order valence-electron chi connectivity index (χ3n) is 2.64. The van der Waals surface area contributed by atoms with Crippen molar-refractivity contribution >= 4 is 16.7 Å². The number of rotatable bonds is 1. The second kappa shape index (κ2) is 4.07. The molecule has 1 aromatic carbocycles. The van der Waals surface area contributed by atoms with E-state index in [1.165, 1.54) is 5.57 Å². The van der Waals surface area contributed by atoms with Gasteiger partial charge in [0.25, 0.3) is 0 Å². The molecule has 1 aliphatic rings. The zero-order chi connectivity index (χ0) is 11.7. The predicted molar refractivity (Wildman–Crippen MR) is 67.0 cm³/mol. The van der Waals surface area contributed by atoms with E-state index in [2.05, 4.69) is 6.58 Å². The summed E-state index contributed by atoms with van der Waals surface area (Å²) in [6.45, 7) is 6.01. The van der Waals surface area contributed by atoms with Crippen molar-refractivity contribution in [3.63, 3.8) is 0 Å². The number of hydrogen-bond acceptors (Lipinski definition) is 3. The molecule has 2 rings (SSSR count). The molecule has 0 bridgehead atoms. The fraction of sp³-hybridized carbons (Fsp3) is 0.154. The van der Waals surface area contributed by atoms with Gasteiger partial charge in [-0.25, -0.2) is 0 Å². The third kappa shape index (κ3) is 1.72. The average Bonchev–Trinajstić information content (AvgIpc) is 2.60. The molecule has 1 heterocycles. The molecule has 1 aliphatic heterocycles. The van der Waals surface area contributed by atoms with Crippen LogP contribution in [-0.4, -0.2) is 10.9 Å². The summed E-state index contributed by atoms with van der Waals surface area (Å²) in [5.41, 5.74) is 3.57. The minimum Gasteiger partial charge on any atom is -0.507 e. The molecule has 1 N–H and O–H groups in total. The van der Waals surface area contributed by atoms with E-state index < -0.39 is 0 Å². The number of nitrogens with zero attached hydrogens (tertiary/aromatic N) is 1. The van der Waals surface area contributed by atoms with Crippen molar-refractivity contribution in [1.29, 1.82) is 5.26 Å². The molecule has 1 aromatic rings. The lowest BCUT2D eigenvalue weighted by molar-refractivity contribution is 0.473. The summed E-state index contributed by atoms with van der Waals surface area (Å²) in [5, 5.41) is 18.4. The standard InChI is InChI=1S/C13H11NOS/c1-8-7-16-13(9(8)2)10-3-4-11(6-14)12(15)5-10/h3-5,15H,1,7H2,2H3. The highest BCUT2D eigenvalue weighted by Crippen LogP contribution is 2.42. The van der Waals surface area contributed by atoms with E-state index in [0.29, 0.717) is 5.56 Å². The van der Waals surface area contributed by atoms with Gasteiger partial charge in [0.15, 0.2) is 0 Å². The minimum absolute atomic E-state index is 0.0402. The zero-order valence-corrected chi connectivity index (χ0v) is 9.77. The Labute approximate surface area is 98.9 Å². The molecule has 2 nitrogen and oxygen atoms in total. The number of nitriles is 1. The van der Waals surface area contributed by atoms with Crippen molar-refractivity contribution in [2.75, 3.05) is 5.75 Å². The van der Waals surface area contributed by atoms with E-state index in [4.69, 9.17) is 5.26 Å². The van der Waals surface area contributed by atoms with Gasteiger partial charge in [-0.2, -0.15) is 5.26 Å². The van der Waals surface area contributed by atoms with Crippen LogP contribution in [0.5, 0.6) is 5.75 Å². The van der Waals surface area contributed by atoms with Gasteiger partial charge in [-0.1, -0.05) is 12.6 Å². The highest BCUT2D eigenvalue weighted by Gasteiger charge is 2.17. The van der Waals surface area contributed by atoms with Crippen molar-refractivity contribution < 1.29 is 5.11 Å². The van der Waals surface area contributed by atoms with E-state index in [1.807, 2.05) is 19.1 Å². The Bertz CT molecular complexity index is 537. The lowest BCUT2D eigenvalue weighted by Crippen LogP contribution is -1.83. The summed E-state index contributed by atoms with van der Waals surface area (Å²) in [7, 11) is 0. The fourth-order valence-corrected chi connectivity index (χ4v) is 2.79. The van der Waals surface area contributed by atoms with E-state index in [1.54, 1.807) is 23.9 Å². The number of aromatic hydroxyl groups is 1. The first-order valence-electron chi connectivity index (χ1n) is 4.89. The summed E-state index contributed by atoms with van der Waals surface area (Å²) in [5.74, 6) is 0.945. The van der Waals surface area contributed by atoms with E-state index >= 15 is 0 Å². The number of phenolic OH excluding ortho intramolecular Hbond substituents is 1. The number of benzene rings is 1. The molecule has 0 radical (unpaired) electrons. The van der Waals surface area contributed by atoms with Crippen molar-refractivity contribution in [3.05, 3.63) is 47.1 Å². The summed E-state index contributed by atoms with van der Waals surface area (Å²) in [4.78, 5) is 1.14. The smallest absolute Gasteiger partial charge is 0.133 e. The molecular weight excluding hydrogens is 218 g/mol. The van der Waals surface area contributed by atoms with Crippen LogP contribution < -0.4 is 0 Å².